The summed E-state index contributed by atoms with van der Waals surface area (Å²) in [4.78, 5) is 8.08. The molecule has 0 spiro atoms. The number of halogens is 1. The SMILES string of the molecule is O=S(=O)(Nc1ccc(Oc2ncccn2)cc1)c1ccccc1Br. The van der Waals surface area contributed by atoms with Crippen LogP contribution in [0.3, 0.4) is 0 Å². The van der Waals surface area contributed by atoms with Gasteiger partial charge in [0, 0.05) is 22.6 Å². The molecule has 2 aromatic carbocycles. The van der Waals surface area contributed by atoms with Gasteiger partial charge in [0.2, 0.25) is 0 Å². The third kappa shape index (κ3) is 3.90. The van der Waals surface area contributed by atoms with E-state index in [0.717, 1.165) is 0 Å². The van der Waals surface area contributed by atoms with Crippen LogP contribution in [0.25, 0.3) is 0 Å². The fourth-order valence-electron chi connectivity index (χ4n) is 1.91. The lowest BCUT2D eigenvalue weighted by Crippen LogP contribution is -2.13. The van der Waals surface area contributed by atoms with Crippen molar-refractivity contribution < 1.29 is 13.2 Å². The van der Waals surface area contributed by atoms with E-state index >= 15 is 0 Å². The lowest BCUT2D eigenvalue weighted by molar-refractivity contribution is 0.442. The van der Waals surface area contributed by atoms with E-state index in [2.05, 4.69) is 30.6 Å². The minimum atomic E-state index is -3.68. The smallest absolute Gasteiger partial charge is 0.321 e. The summed E-state index contributed by atoms with van der Waals surface area (Å²) >= 11 is 3.24. The van der Waals surface area contributed by atoms with Crippen LogP contribution in [0.4, 0.5) is 5.69 Å². The fraction of sp³-hybridized carbons (Fsp3) is 0. The van der Waals surface area contributed by atoms with Crippen LogP contribution in [0.1, 0.15) is 0 Å². The summed E-state index contributed by atoms with van der Waals surface area (Å²) in [5, 5.41) is 0. The van der Waals surface area contributed by atoms with E-state index in [1.165, 1.54) is 6.07 Å². The van der Waals surface area contributed by atoms with Gasteiger partial charge in [0.05, 0.1) is 0 Å². The van der Waals surface area contributed by atoms with Crippen LogP contribution >= 0.6 is 15.9 Å². The normalized spacial score (nSPS) is 11.0. The van der Waals surface area contributed by atoms with Gasteiger partial charge in [0.15, 0.2) is 0 Å². The molecule has 6 nitrogen and oxygen atoms in total. The maximum atomic E-state index is 12.4. The number of hydrogen-bond acceptors (Lipinski definition) is 5. The summed E-state index contributed by atoms with van der Waals surface area (Å²) in [6.45, 7) is 0. The highest BCUT2D eigenvalue weighted by Crippen LogP contribution is 2.25. The number of nitrogens with zero attached hydrogens (tertiary/aromatic N) is 2. The van der Waals surface area contributed by atoms with Crippen molar-refractivity contribution in [3.8, 4) is 11.8 Å². The maximum Gasteiger partial charge on any atom is 0.321 e. The molecule has 0 radical (unpaired) electrons. The zero-order valence-corrected chi connectivity index (χ0v) is 14.7. The summed E-state index contributed by atoms with van der Waals surface area (Å²) in [7, 11) is -3.68. The molecule has 0 amide bonds. The molecule has 8 heteroatoms. The second kappa shape index (κ2) is 6.98. The summed E-state index contributed by atoms with van der Waals surface area (Å²) in [5.41, 5.74) is 0.423. The Hall–Kier alpha value is -2.45. The third-order valence-corrected chi connectivity index (χ3v) is 5.38. The van der Waals surface area contributed by atoms with Crippen LogP contribution in [-0.4, -0.2) is 18.4 Å². The van der Waals surface area contributed by atoms with Gasteiger partial charge in [-0.2, -0.15) is 0 Å². The lowest BCUT2D eigenvalue weighted by atomic mass is 10.3. The first-order chi connectivity index (χ1) is 11.5. The van der Waals surface area contributed by atoms with Crippen molar-refractivity contribution in [2.45, 2.75) is 4.90 Å². The number of aromatic nitrogens is 2. The van der Waals surface area contributed by atoms with E-state index in [-0.39, 0.29) is 10.9 Å². The molecule has 0 saturated heterocycles. The fourth-order valence-corrected chi connectivity index (χ4v) is 3.97. The van der Waals surface area contributed by atoms with E-state index in [1.807, 2.05) is 0 Å². The molecule has 3 aromatic rings. The number of hydrogen-bond donors (Lipinski definition) is 1. The van der Waals surface area contributed by atoms with Gasteiger partial charge in [0.25, 0.3) is 10.0 Å². The molecule has 0 aliphatic rings. The van der Waals surface area contributed by atoms with Crippen LogP contribution in [-0.2, 0) is 10.0 Å². The van der Waals surface area contributed by atoms with Gasteiger partial charge in [-0.25, -0.2) is 18.4 Å². The molecular formula is C16H12BrN3O3S. The number of ether oxygens (including phenoxy) is 1. The van der Waals surface area contributed by atoms with Gasteiger partial charge < -0.3 is 4.74 Å². The van der Waals surface area contributed by atoms with Crippen LogP contribution in [0.15, 0.2) is 76.4 Å². The average molecular weight is 406 g/mol. The lowest BCUT2D eigenvalue weighted by Gasteiger charge is -2.10. The Balaban J connectivity index is 1.76. The second-order valence-electron chi connectivity index (χ2n) is 4.69. The molecule has 1 aromatic heterocycles. The topological polar surface area (TPSA) is 81.2 Å². The van der Waals surface area contributed by atoms with Crippen molar-refractivity contribution in [1.29, 1.82) is 0 Å². The van der Waals surface area contributed by atoms with Crippen LogP contribution < -0.4 is 9.46 Å². The largest absolute Gasteiger partial charge is 0.424 e. The summed E-state index contributed by atoms with van der Waals surface area (Å²) < 4.78 is 33.3. The van der Waals surface area contributed by atoms with Gasteiger partial charge in [-0.3, -0.25) is 4.72 Å². The highest BCUT2D eigenvalue weighted by atomic mass is 79.9. The Labute approximate surface area is 147 Å². The molecular weight excluding hydrogens is 394 g/mol. The van der Waals surface area contributed by atoms with Crippen molar-refractivity contribution in [2.24, 2.45) is 0 Å². The Morgan fingerprint density at radius 3 is 2.25 bits per heavy atom. The first-order valence-electron chi connectivity index (χ1n) is 6.87. The van der Waals surface area contributed by atoms with Gasteiger partial charge in [0.1, 0.15) is 10.6 Å². The summed E-state index contributed by atoms with van der Waals surface area (Å²) in [5.74, 6) is 0.505. The Kier molecular flexibility index (Phi) is 4.77. The molecule has 0 saturated carbocycles. The number of sulfonamides is 1. The van der Waals surface area contributed by atoms with Gasteiger partial charge in [-0.1, -0.05) is 12.1 Å². The van der Waals surface area contributed by atoms with Crippen molar-refractivity contribution in [3.63, 3.8) is 0 Å². The highest BCUT2D eigenvalue weighted by Gasteiger charge is 2.17. The number of benzene rings is 2. The van der Waals surface area contributed by atoms with E-state index in [4.69, 9.17) is 4.74 Å². The third-order valence-electron chi connectivity index (χ3n) is 2.98. The first-order valence-corrected chi connectivity index (χ1v) is 9.14. The number of rotatable bonds is 5. The summed E-state index contributed by atoms with van der Waals surface area (Å²) in [6.07, 6.45) is 3.14. The molecule has 122 valence electrons. The van der Waals surface area contributed by atoms with Crippen LogP contribution in [0.2, 0.25) is 0 Å². The zero-order valence-electron chi connectivity index (χ0n) is 12.3. The number of anilines is 1. The molecule has 1 N–H and O–H groups in total. The maximum absolute atomic E-state index is 12.4. The number of nitrogens with one attached hydrogen (secondary N) is 1. The van der Waals surface area contributed by atoms with Crippen molar-refractivity contribution >= 4 is 31.6 Å². The predicted octanol–water partition coefficient (Wildman–Crippen LogP) is 3.83. The molecule has 0 atom stereocenters. The van der Waals surface area contributed by atoms with E-state index in [1.54, 1.807) is 60.9 Å². The molecule has 1 heterocycles. The molecule has 0 aliphatic carbocycles. The van der Waals surface area contributed by atoms with E-state index in [9.17, 15) is 8.42 Å². The highest BCUT2D eigenvalue weighted by molar-refractivity contribution is 9.10. The Morgan fingerprint density at radius 1 is 0.917 bits per heavy atom. The monoisotopic (exact) mass is 405 g/mol. The second-order valence-corrected chi connectivity index (χ2v) is 7.20. The molecule has 24 heavy (non-hydrogen) atoms. The summed E-state index contributed by atoms with van der Waals surface area (Å²) in [6, 6.07) is 15.0. The average Bonchev–Trinajstić information content (AvgIpc) is 2.58. The van der Waals surface area contributed by atoms with Gasteiger partial charge in [-0.05, 0) is 58.4 Å². The van der Waals surface area contributed by atoms with Crippen molar-refractivity contribution in [1.82, 2.24) is 9.97 Å². The molecule has 0 fully saturated rings. The minimum Gasteiger partial charge on any atom is -0.424 e. The van der Waals surface area contributed by atoms with Crippen molar-refractivity contribution in [2.75, 3.05) is 4.72 Å². The van der Waals surface area contributed by atoms with E-state index < -0.39 is 10.0 Å². The Bertz CT molecular complexity index is 932. The molecule has 0 bridgehead atoms. The van der Waals surface area contributed by atoms with Crippen LogP contribution in [0, 0.1) is 0 Å². The van der Waals surface area contributed by atoms with Crippen molar-refractivity contribution in [3.05, 3.63) is 71.5 Å². The van der Waals surface area contributed by atoms with Gasteiger partial charge in [-0.15, -0.1) is 0 Å². The predicted molar refractivity (Wildman–Crippen MR) is 93.5 cm³/mol. The molecule has 3 rings (SSSR count). The van der Waals surface area contributed by atoms with Crippen LogP contribution in [0.5, 0.6) is 11.8 Å². The van der Waals surface area contributed by atoms with E-state index in [0.29, 0.717) is 15.9 Å². The quantitative estimate of drug-likeness (QED) is 0.697. The minimum absolute atomic E-state index is 0.169. The zero-order chi connectivity index (χ0) is 17.0. The Morgan fingerprint density at radius 2 is 1.58 bits per heavy atom. The standard InChI is InChI=1S/C16H12BrN3O3S/c17-14-4-1-2-5-15(14)24(21,22)20-12-6-8-13(9-7-12)23-16-18-10-3-11-19-16/h1-11,20H. The molecule has 0 unspecified atom stereocenters. The molecule has 0 aliphatic heterocycles. The first kappa shape index (κ1) is 16.4. The van der Waals surface area contributed by atoms with Gasteiger partial charge >= 0.3 is 6.01 Å².